The van der Waals surface area contributed by atoms with Crippen molar-refractivity contribution >= 4 is 21.7 Å². The maximum absolute atomic E-state index is 5.15. The zero-order chi connectivity index (χ0) is 13.0. The maximum atomic E-state index is 5.15. The van der Waals surface area contributed by atoms with Gasteiger partial charge in [-0.1, -0.05) is 15.9 Å². The molecule has 0 saturated carbocycles. The van der Waals surface area contributed by atoms with Crippen molar-refractivity contribution in [3.63, 3.8) is 0 Å². The average Bonchev–Trinajstić information content (AvgIpc) is 2.38. The Balaban J connectivity index is 2.12. The monoisotopic (exact) mass is 313 g/mol. The molecule has 1 atom stereocenters. The molecule has 0 amide bonds. The first kappa shape index (κ1) is 13.7. The minimum atomic E-state index is 0.321. The molecular weight excluding hydrogens is 294 g/mol. The van der Waals surface area contributed by atoms with E-state index in [9.17, 15) is 0 Å². The number of anilines is 1. The van der Waals surface area contributed by atoms with Gasteiger partial charge in [0.05, 0.1) is 11.4 Å². The van der Waals surface area contributed by atoms with Crippen LogP contribution in [0.1, 0.15) is 24.1 Å². The van der Waals surface area contributed by atoms with Crippen molar-refractivity contribution in [1.82, 2.24) is 9.97 Å². The summed E-state index contributed by atoms with van der Waals surface area (Å²) >= 11 is 3.62. The maximum Gasteiger partial charge on any atom is 0.135 e. The summed E-state index contributed by atoms with van der Waals surface area (Å²) in [5.41, 5.74) is 2.57. The minimum absolute atomic E-state index is 0.321. The number of aryl methyl sites for hydroxylation is 1. The van der Waals surface area contributed by atoms with E-state index in [4.69, 9.17) is 4.74 Å². The molecule has 5 heteroatoms. The van der Waals surface area contributed by atoms with E-state index in [-0.39, 0.29) is 0 Å². The quantitative estimate of drug-likeness (QED) is 0.781. The molecule has 1 heterocycles. The number of alkyl halides is 1. The standard InChI is InChI=1S/C13H20BrN3O/c1-17(7-10(14)8-18-2)13-11-5-3-4-6-12(11)15-9-16-13/h9-10H,3-8H2,1-2H3. The van der Waals surface area contributed by atoms with E-state index >= 15 is 0 Å². The second-order valence-corrected chi connectivity index (χ2v) is 6.06. The minimum Gasteiger partial charge on any atom is -0.383 e. The van der Waals surface area contributed by atoms with Gasteiger partial charge in [-0.05, 0) is 25.7 Å². The van der Waals surface area contributed by atoms with Crippen LogP contribution in [0, 0.1) is 0 Å². The van der Waals surface area contributed by atoms with Gasteiger partial charge < -0.3 is 9.64 Å². The summed E-state index contributed by atoms with van der Waals surface area (Å²) < 4.78 is 5.15. The summed E-state index contributed by atoms with van der Waals surface area (Å²) in [4.78, 5) is 11.4. The molecule has 4 nitrogen and oxygen atoms in total. The molecule has 0 spiro atoms. The highest BCUT2D eigenvalue weighted by atomic mass is 79.9. The molecule has 0 saturated heterocycles. The lowest BCUT2D eigenvalue weighted by atomic mass is 9.96. The number of methoxy groups -OCH3 is 1. The van der Waals surface area contributed by atoms with E-state index < -0.39 is 0 Å². The third-order valence-electron chi connectivity index (χ3n) is 3.28. The van der Waals surface area contributed by atoms with Gasteiger partial charge in [0.2, 0.25) is 0 Å². The number of aromatic nitrogens is 2. The van der Waals surface area contributed by atoms with Crippen LogP contribution >= 0.6 is 15.9 Å². The van der Waals surface area contributed by atoms with Crippen molar-refractivity contribution in [2.75, 3.05) is 32.2 Å². The van der Waals surface area contributed by atoms with Crippen molar-refractivity contribution < 1.29 is 4.74 Å². The number of rotatable bonds is 5. The lowest BCUT2D eigenvalue weighted by Gasteiger charge is -2.26. The second-order valence-electron chi connectivity index (χ2n) is 4.76. The van der Waals surface area contributed by atoms with Gasteiger partial charge in [-0.2, -0.15) is 0 Å². The normalized spacial score (nSPS) is 16.2. The Kier molecular flexibility index (Phi) is 4.95. The molecule has 2 rings (SSSR count). The van der Waals surface area contributed by atoms with Gasteiger partial charge in [0, 0.05) is 32.0 Å². The number of hydrogen-bond donors (Lipinski definition) is 0. The highest BCUT2D eigenvalue weighted by Gasteiger charge is 2.19. The van der Waals surface area contributed by atoms with Gasteiger partial charge in [0.15, 0.2) is 0 Å². The summed E-state index contributed by atoms with van der Waals surface area (Å²) in [7, 11) is 3.81. The predicted octanol–water partition coefficient (Wildman–Crippen LogP) is 2.20. The van der Waals surface area contributed by atoms with Crippen LogP contribution in [-0.2, 0) is 17.6 Å². The Labute approximate surface area is 117 Å². The van der Waals surface area contributed by atoms with Crippen molar-refractivity contribution in [3.05, 3.63) is 17.6 Å². The van der Waals surface area contributed by atoms with Crippen LogP contribution in [0.25, 0.3) is 0 Å². The van der Waals surface area contributed by atoms with Gasteiger partial charge >= 0.3 is 0 Å². The largest absolute Gasteiger partial charge is 0.383 e. The Bertz CT molecular complexity index is 400. The molecule has 1 aromatic heterocycles. The molecule has 0 fully saturated rings. The topological polar surface area (TPSA) is 38.2 Å². The highest BCUT2D eigenvalue weighted by Crippen LogP contribution is 2.26. The summed E-state index contributed by atoms with van der Waals surface area (Å²) in [6, 6.07) is 0. The molecule has 1 aromatic rings. The van der Waals surface area contributed by atoms with Crippen molar-refractivity contribution in [2.24, 2.45) is 0 Å². The first-order chi connectivity index (χ1) is 8.72. The van der Waals surface area contributed by atoms with Crippen LogP contribution < -0.4 is 4.90 Å². The Morgan fingerprint density at radius 1 is 1.39 bits per heavy atom. The van der Waals surface area contributed by atoms with Crippen LogP contribution in [0.5, 0.6) is 0 Å². The van der Waals surface area contributed by atoms with Crippen LogP contribution in [0.2, 0.25) is 0 Å². The van der Waals surface area contributed by atoms with Gasteiger partial charge in [-0.3, -0.25) is 0 Å². The molecule has 1 unspecified atom stereocenters. The summed E-state index contributed by atoms with van der Waals surface area (Å²) in [5.74, 6) is 1.08. The van der Waals surface area contributed by atoms with E-state index in [1.54, 1.807) is 13.4 Å². The molecule has 0 bridgehead atoms. The van der Waals surface area contributed by atoms with Gasteiger partial charge in [-0.15, -0.1) is 0 Å². The number of hydrogen-bond acceptors (Lipinski definition) is 4. The summed E-state index contributed by atoms with van der Waals surface area (Å²) in [6.45, 7) is 1.59. The van der Waals surface area contributed by atoms with E-state index in [1.165, 1.54) is 24.1 Å². The fourth-order valence-corrected chi connectivity index (χ4v) is 3.15. The number of ether oxygens (including phenoxy) is 1. The highest BCUT2D eigenvalue weighted by molar-refractivity contribution is 9.09. The van der Waals surface area contributed by atoms with Gasteiger partial charge in [0.25, 0.3) is 0 Å². The molecule has 100 valence electrons. The molecule has 0 aliphatic heterocycles. The lowest BCUT2D eigenvalue weighted by Crippen LogP contribution is -2.30. The molecule has 1 aliphatic rings. The fourth-order valence-electron chi connectivity index (χ4n) is 2.45. The SMILES string of the molecule is COCC(Br)CN(C)c1ncnc2c1CCCC2. The van der Waals surface area contributed by atoms with Crippen LogP contribution in [0.15, 0.2) is 6.33 Å². The van der Waals surface area contributed by atoms with Crippen LogP contribution in [0.3, 0.4) is 0 Å². The molecule has 0 radical (unpaired) electrons. The average molecular weight is 314 g/mol. The van der Waals surface area contributed by atoms with E-state index in [0.717, 1.165) is 25.2 Å². The Hall–Kier alpha value is -0.680. The Morgan fingerprint density at radius 2 is 2.17 bits per heavy atom. The van der Waals surface area contributed by atoms with Crippen molar-refractivity contribution in [2.45, 2.75) is 30.5 Å². The van der Waals surface area contributed by atoms with Gasteiger partial charge in [0.1, 0.15) is 12.1 Å². The number of halogens is 1. The van der Waals surface area contributed by atoms with Crippen LogP contribution in [-0.4, -0.2) is 42.1 Å². The first-order valence-electron chi connectivity index (χ1n) is 6.39. The van der Waals surface area contributed by atoms with Crippen molar-refractivity contribution in [3.8, 4) is 0 Å². The zero-order valence-corrected chi connectivity index (χ0v) is 12.6. The summed E-state index contributed by atoms with van der Waals surface area (Å²) in [5, 5.41) is 0. The van der Waals surface area contributed by atoms with E-state index in [1.807, 2.05) is 0 Å². The second kappa shape index (κ2) is 6.48. The predicted molar refractivity (Wildman–Crippen MR) is 76.5 cm³/mol. The molecule has 1 aliphatic carbocycles. The first-order valence-corrected chi connectivity index (χ1v) is 7.31. The fraction of sp³-hybridized carbons (Fsp3) is 0.692. The Morgan fingerprint density at radius 3 is 2.94 bits per heavy atom. The van der Waals surface area contributed by atoms with E-state index in [0.29, 0.717) is 11.4 Å². The third-order valence-corrected chi connectivity index (χ3v) is 3.84. The zero-order valence-electron chi connectivity index (χ0n) is 11.0. The number of nitrogens with zero attached hydrogens (tertiary/aromatic N) is 3. The molecule has 18 heavy (non-hydrogen) atoms. The van der Waals surface area contributed by atoms with Gasteiger partial charge in [-0.25, -0.2) is 9.97 Å². The third kappa shape index (κ3) is 3.20. The smallest absolute Gasteiger partial charge is 0.135 e. The molecule has 0 N–H and O–H groups in total. The van der Waals surface area contributed by atoms with Crippen LogP contribution in [0.4, 0.5) is 5.82 Å². The lowest BCUT2D eigenvalue weighted by molar-refractivity contribution is 0.201. The van der Waals surface area contributed by atoms with E-state index in [2.05, 4.69) is 37.8 Å². The number of fused-ring (bicyclic) bond motifs is 1. The van der Waals surface area contributed by atoms with Crippen molar-refractivity contribution in [1.29, 1.82) is 0 Å². The molecule has 0 aromatic carbocycles. The molecular formula is C13H20BrN3O. The summed E-state index contributed by atoms with van der Waals surface area (Å²) in [6.07, 6.45) is 6.38.